The quantitative estimate of drug-likeness (QED) is 0.199. The summed E-state index contributed by atoms with van der Waals surface area (Å²) >= 11 is 6.16. The van der Waals surface area contributed by atoms with Gasteiger partial charge in [0.2, 0.25) is 0 Å². The zero-order chi connectivity index (χ0) is 35.8. The monoisotopic (exact) mass is 731 g/mol. The maximum absolute atomic E-state index is 14.0. The number of carbonyl (C=O) groups excluding carboxylic acids is 2. The molecule has 3 N–H and O–H groups in total. The summed E-state index contributed by atoms with van der Waals surface area (Å²) in [5.41, 5.74) is 5.64. The molecule has 13 heteroatoms. The average Bonchev–Trinajstić information content (AvgIpc) is 3.97. The lowest BCUT2D eigenvalue weighted by Crippen LogP contribution is -2.55. The normalized spacial score (nSPS) is 25.7. The Morgan fingerprint density at radius 1 is 0.980 bits per heavy atom. The van der Waals surface area contributed by atoms with E-state index < -0.39 is 35.2 Å². The molecule has 2 saturated heterocycles. The third kappa shape index (κ3) is 8.29. The number of nitrogens with zero attached hydrogens (tertiary/aromatic N) is 3. The first-order chi connectivity index (χ1) is 24.5. The highest BCUT2D eigenvalue weighted by Crippen LogP contribution is 2.48. The van der Waals surface area contributed by atoms with Gasteiger partial charge in [0.05, 0.1) is 22.0 Å². The molecule has 2 aliphatic carbocycles. The molecule has 3 aliphatic heterocycles. The van der Waals surface area contributed by atoms with Crippen molar-refractivity contribution in [2.45, 2.75) is 101 Å². The number of ether oxygens (including phenoxy) is 2. The van der Waals surface area contributed by atoms with E-state index in [0.717, 1.165) is 94.5 Å². The predicted molar refractivity (Wildman–Crippen MR) is 189 cm³/mol. The van der Waals surface area contributed by atoms with E-state index in [1.807, 2.05) is 29.2 Å². The highest BCUT2D eigenvalue weighted by molar-refractivity contribution is 6.33. The Morgan fingerprint density at radius 2 is 1.63 bits per heavy atom. The first kappa shape index (κ1) is 36.3. The molecule has 2 aromatic carbocycles. The summed E-state index contributed by atoms with van der Waals surface area (Å²) in [6.07, 6.45) is 3.11. The van der Waals surface area contributed by atoms with Gasteiger partial charge in [-0.15, -0.1) is 0 Å². The van der Waals surface area contributed by atoms with Crippen LogP contribution in [0, 0.1) is 5.92 Å². The van der Waals surface area contributed by atoms with Crippen LogP contribution < -0.4 is 11.1 Å². The molecule has 3 heterocycles. The molecule has 4 fully saturated rings. The summed E-state index contributed by atoms with van der Waals surface area (Å²) in [6.45, 7) is 5.80. The second-order valence-electron chi connectivity index (χ2n) is 15.1. The summed E-state index contributed by atoms with van der Waals surface area (Å²) in [5, 5.41) is 2.61. The number of nitrogens with two attached hydrogens (primary N) is 1. The number of piperazine rings is 1. The van der Waals surface area contributed by atoms with Gasteiger partial charge in [0.15, 0.2) is 0 Å². The van der Waals surface area contributed by atoms with Crippen LogP contribution in [-0.2, 0) is 32.5 Å². The van der Waals surface area contributed by atoms with Crippen LogP contribution in [0.1, 0.15) is 80.9 Å². The third-order valence-electron chi connectivity index (χ3n) is 11.8. The number of amides is 2. The van der Waals surface area contributed by atoms with Gasteiger partial charge in [-0.25, -0.2) is 4.79 Å². The fourth-order valence-corrected chi connectivity index (χ4v) is 9.02. The van der Waals surface area contributed by atoms with Gasteiger partial charge in [-0.1, -0.05) is 29.8 Å². The number of likely N-dealkylation sites (tertiary alicyclic amines) is 1. The Balaban J connectivity index is 0.955. The van der Waals surface area contributed by atoms with E-state index in [0.29, 0.717) is 38.1 Å². The highest BCUT2D eigenvalue weighted by Gasteiger charge is 2.44. The van der Waals surface area contributed by atoms with Gasteiger partial charge in [0.25, 0.3) is 5.91 Å². The number of hydrogen-bond acceptors (Lipinski definition) is 7. The largest absolute Gasteiger partial charge is 0.438 e. The maximum atomic E-state index is 14.0. The number of fused-ring (bicyclic) bond motifs is 2. The minimum Gasteiger partial charge on any atom is -0.438 e. The Bertz CT molecular complexity index is 1570. The van der Waals surface area contributed by atoms with Gasteiger partial charge >= 0.3 is 12.3 Å². The minimum absolute atomic E-state index is 0.0320. The van der Waals surface area contributed by atoms with Crippen molar-refractivity contribution in [2.75, 3.05) is 56.9 Å². The van der Waals surface area contributed by atoms with Crippen LogP contribution in [0.25, 0.3) is 0 Å². The number of benzene rings is 2. The molecule has 7 rings (SSSR count). The van der Waals surface area contributed by atoms with Crippen molar-refractivity contribution in [3.63, 3.8) is 0 Å². The van der Waals surface area contributed by atoms with Crippen LogP contribution in [0.4, 0.5) is 29.3 Å². The topological polar surface area (TPSA) is 100 Å². The SMILES string of the molecule is Nc1c(Cl)cc(C[C@@H](OCCCC2CCC3(CC2)OC(=O)Nc2ccccc23)C(=O)N2CCC(N3CCN(C4CC4)CC3)CC2)cc1C(F)(F)F. The first-order valence-electron chi connectivity index (χ1n) is 18.6. The third-order valence-corrected chi connectivity index (χ3v) is 12.1. The Hall–Kier alpha value is -3.06. The van der Waals surface area contributed by atoms with Gasteiger partial charge in [-0.05, 0) is 93.9 Å². The molecule has 1 atom stereocenters. The molecule has 0 unspecified atom stereocenters. The zero-order valence-electron chi connectivity index (χ0n) is 29.1. The highest BCUT2D eigenvalue weighted by atomic mass is 35.5. The van der Waals surface area contributed by atoms with Gasteiger partial charge in [-0.3, -0.25) is 19.9 Å². The number of alkyl halides is 3. The van der Waals surface area contributed by atoms with E-state index in [1.54, 1.807) is 0 Å². The lowest BCUT2D eigenvalue weighted by molar-refractivity contribution is -0.145. The maximum Gasteiger partial charge on any atom is 0.418 e. The predicted octanol–water partition coefficient (Wildman–Crippen LogP) is 7.07. The molecule has 1 spiro atoms. The van der Waals surface area contributed by atoms with Crippen molar-refractivity contribution in [1.29, 1.82) is 0 Å². The molecule has 9 nitrogen and oxygen atoms in total. The number of hydrogen-bond donors (Lipinski definition) is 2. The van der Waals surface area contributed by atoms with Crippen molar-refractivity contribution in [1.82, 2.24) is 14.7 Å². The Morgan fingerprint density at radius 3 is 2.27 bits per heavy atom. The van der Waals surface area contributed by atoms with E-state index >= 15 is 0 Å². The number of carbonyl (C=O) groups is 2. The van der Waals surface area contributed by atoms with Crippen LogP contribution in [0.2, 0.25) is 5.02 Å². The van der Waals surface area contributed by atoms with Crippen molar-refractivity contribution >= 4 is 35.0 Å². The van der Waals surface area contributed by atoms with Crippen LogP contribution >= 0.6 is 11.6 Å². The molecule has 0 bridgehead atoms. The number of halogens is 4. The van der Waals surface area contributed by atoms with E-state index in [4.69, 9.17) is 26.8 Å². The van der Waals surface area contributed by atoms with Gasteiger partial charge in [0, 0.05) is 69.9 Å². The second kappa shape index (κ2) is 15.1. The fraction of sp³-hybridized carbons (Fsp3) is 0.632. The van der Waals surface area contributed by atoms with Crippen molar-refractivity contribution in [3.8, 4) is 0 Å². The molecule has 0 aromatic heterocycles. The van der Waals surface area contributed by atoms with Crippen molar-refractivity contribution < 1.29 is 32.2 Å². The van der Waals surface area contributed by atoms with E-state index in [1.165, 1.54) is 18.9 Å². The number of piperidine rings is 1. The molecule has 51 heavy (non-hydrogen) atoms. The average molecular weight is 732 g/mol. The molecule has 278 valence electrons. The smallest absolute Gasteiger partial charge is 0.418 e. The van der Waals surface area contributed by atoms with Crippen LogP contribution in [0.5, 0.6) is 0 Å². The molecule has 2 aromatic rings. The summed E-state index contributed by atoms with van der Waals surface area (Å²) in [5.74, 6) is 0.212. The molecule has 0 radical (unpaired) electrons. The van der Waals surface area contributed by atoms with Gasteiger partial charge in [-0.2, -0.15) is 13.2 Å². The Kier molecular flexibility index (Phi) is 10.8. The molecule has 5 aliphatic rings. The van der Waals surface area contributed by atoms with Crippen molar-refractivity contribution in [2.24, 2.45) is 5.92 Å². The number of nitrogen functional groups attached to an aromatic ring is 1. The second-order valence-corrected chi connectivity index (χ2v) is 15.5. The van der Waals surface area contributed by atoms with E-state index in [2.05, 4.69) is 15.1 Å². The van der Waals surface area contributed by atoms with Crippen LogP contribution in [0.15, 0.2) is 36.4 Å². The van der Waals surface area contributed by atoms with Crippen LogP contribution in [0.3, 0.4) is 0 Å². The number of nitrogens with one attached hydrogen (secondary N) is 1. The molecular weight excluding hydrogens is 683 g/mol. The first-order valence-corrected chi connectivity index (χ1v) is 19.0. The lowest BCUT2D eigenvalue weighted by Gasteiger charge is -2.43. The lowest BCUT2D eigenvalue weighted by atomic mass is 9.73. The molecule has 2 saturated carbocycles. The zero-order valence-corrected chi connectivity index (χ0v) is 29.8. The number of rotatable bonds is 10. The summed E-state index contributed by atoms with van der Waals surface area (Å²) in [4.78, 5) is 33.3. The number of anilines is 2. The van der Waals surface area contributed by atoms with E-state index in [9.17, 15) is 22.8 Å². The van der Waals surface area contributed by atoms with Gasteiger partial charge < -0.3 is 20.1 Å². The standard InChI is InChI=1S/C38H49ClF3N5O4/c39-31-23-26(22-30(34(31)43)38(40,41)42)24-33(35(48)47-15-11-28(12-16-47)46-19-17-45(18-20-46)27-7-8-27)50-21-3-4-25-9-13-37(14-10-25)29-5-1-2-6-32(29)44-36(49)51-37/h1-2,5-6,22-23,25,27-28,33H,3-4,7-21,24,43H2,(H,44,49)/t25?,33-,37?/m1/s1. The van der Waals surface area contributed by atoms with Crippen LogP contribution in [-0.4, -0.2) is 90.8 Å². The van der Waals surface area contributed by atoms with Crippen molar-refractivity contribution in [3.05, 3.63) is 58.1 Å². The number of para-hydroxylation sites is 1. The molecule has 2 amide bonds. The summed E-state index contributed by atoms with van der Waals surface area (Å²) in [7, 11) is 0. The summed E-state index contributed by atoms with van der Waals surface area (Å²) < 4.78 is 53.6. The van der Waals surface area contributed by atoms with Gasteiger partial charge in [0.1, 0.15) is 11.7 Å². The Labute approximate surface area is 302 Å². The van der Waals surface area contributed by atoms with E-state index in [-0.39, 0.29) is 22.9 Å². The molecular formula is C38H49ClF3N5O4. The fourth-order valence-electron chi connectivity index (χ4n) is 8.78. The minimum atomic E-state index is -4.68. The summed E-state index contributed by atoms with van der Waals surface area (Å²) in [6, 6.07) is 11.4.